The molecule has 0 bridgehead atoms. The molecule has 0 aliphatic carbocycles. The first-order valence-corrected chi connectivity index (χ1v) is 4.83. The fourth-order valence-electron chi connectivity index (χ4n) is 1.55. The van der Waals surface area contributed by atoms with Gasteiger partial charge in [-0.2, -0.15) is 0 Å². The Bertz CT molecular complexity index is 471. The molecule has 0 atom stereocenters. The van der Waals surface area contributed by atoms with Crippen LogP contribution < -0.4 is 0 Å². The summed E-state index contributed by atoms with van der Waals surface area (Å²) in [5.74, 6) is -1.34. The number of nitro benzene ring substituents is 1. The van der Waals surface area contributed by atoms with Crippen LogP contribution in [0.4, 0.5) is 10.1 Å². The molecule has 0 aliphatic heterocycles. The molecule has 0 unspecified atom stereocenters. The van der Waals surface area contributed by atoms with Gasteiger partial charge in [-0.25, -0.2) is 4.39 Å². The Kier molecular flexibility index (Phi) is 3.45. The van der Waals surface area contributed by atoms with Gasteiger partial charge in [0.25, 0.3) is 5.69 Å². The molecule has 6 heteroatoms. The Hall–Kier alpha value is -1.98. The van der Waals surface area contributed by atoms with Gasteiger partial charge in [-0.3, -0.25) is 14.9 Å². The summed E-state index contributed by atoms with van der Waals surface area (Å²) in [4.78, 5) is 21.7. The number of methoxy groups -OCH3 is 1. The van der Waals surface area contributed by atoms with Crippen molar-refractivity contribution in [2.45, 2.75) is 19.3 Å². The Morgan fingerprint density at radius 3 is 2.53 bits per heavy atom. The molecule has 0 amide bonds. The fraction of sp³-hybridized carbons (Fsp3) is 0.364. The maximum Gasteiger partial charge on any atom is 0.315 e. The van der Waals surface area contributed by atoms with Crippen molar-refractivity contribution in [1.29, 1.82) is 0 Å². The van der Waals surface area contributed by atoms with Crippen LogP contribution in [0.5, 0.6) is 0 Å². The van der Waals surface area contributed by atoms with Crippen LogP contribution in [0, 0.1) is 15.9 Å². The normalized spacial score (nSPS) is 11.1. The van der Waals surface area contributed by atoms with E-state index in [1.807, 2.05) is 0 Å². The lowest BCUT2D eigenvalue weighted by atomic mass is 9.83. The number of rotatable bonds is 3. The molecule has 0 saturated heterocycles. The Morgan fingerprint density at radius 2 is 2.06 bits per heavy atom. The Labute approximate surface area is 97.3 Å². The number of carbonyl (C=O) groups is 1. The van der Waals surface area contributed by atoms with Gasteiger partial charge in [0.05, 0.1) is 23.5 Å². The van der Waals surface area contributed by atoms with E-state index >= 15 is 0 Å². The maximum atomic E-state index is 13.0. The van der Waals surface area contributed by atoms with E-state index in [1.165, 1.54) is 27.0 Å². The largest absolute Gasteiger partial charge is 0.468 e. The van der Waals surface area contributed by atoms with Gasteiger partial charge in [0.1, 0.15) is 5.82 Å². The number of benzene rings is 1. The van der Waals surface area contributed by atoms with Crippen LogP contribution in [0.25, 0.3) is 0 Å². The van der Waals surface area contributed by atoms with Crippen molar-refractivity contribution >= 4 is 11.7 Å². The van der Waals surface area contributed by atoms with Gasteiger partial charge in [0.2, 0.25) is 0 Å². The van der Waals surface area contributed by atoms with Crippen LogP contribution in [0.3, 0.4) is 0 Å². The predicted octanol–water partition coefficient (Wildman–Crippen LogP) is 2.18. The van der Waals surface area contributed by atoms with Crippen molar-refractivity contribution in [3.05, 3.63) is 39.7 Å². The highest BCUT2D eigenvalue weighted by Crippen LogP contribution is 2.32. The first kappa shape index (κ1) is 13.1. The molecular weight excluding hydrogens is 229 g/mol. The highest BCUT2D eigenvalue weighted by atomic mass is 19.1. The van der Waals surface area contributed by atoms with Gasteiger partial charge in [0.15, 0.2) is 0 Å². The zero-order chi connectivity index (χ0) is 13.2. The molecule has 0 fully saturated rings. The minimum Gasteiger partial charge on any atom is -0.468 e. The lowest BCUT2D eigenvalue weighted by Gasteiger charge is -2.21. The Morgan fingerprint density at radius 1 is 1.47 bits per heavy atom. The molecule has 0 radical (unpaired) electrons. The van der Waals surface area contributed by atoms with Crippen LogP contribution >= 0.6 is 0 Å². The topological polar surface area (TPSA) is 69.4 Å². The van der Waals surface area contributed by atoms with Gasteiger partial charge in [-0.1, -0.05) is 0 Å². The summed E-state index contributed by atoms with van der Waals surface area (Å²) >= 11 is 0. The number of hydrogen-bond acceptors (Lipinski definition) is 4. The van der Waals surface area contributed by atoms with E-state index in [-0.39, 0.29) is 5.56 Å². The first-order chi connectivity index (χ1) is 7.80. The fourth-order valence-corrected chi connectivity index (χ4v) is 1.55. The number of carbonyl (C=O) groups excluding carboxylic acids is 1. The first-order valence-electron chi connectivity index (χ1n) is 4.83. The summed E-state index contributed by atoms with van der Waals surface area (Å²) in [6, 6.07) is 3.09. The second kappa shape index (κ2) is 4.48. The zero-order valence-electron chi connectivity index (χ0n) is 9.69. The minimum atomic E-state index is -1.20. The third-order valence-corrected chi connectivity index (χ3v) is 2.53. The van der Waals surface area contributed by atoms with Crippen molar-refractivity contribution in [2.75, 3.05) is 7.11 Å². The van der Waals surface area contributed by atoms with Crippen molar-refractivity contribution in [3.8, 4) is 0 Å². The van der Waals surface area contributed by atoms with Gasteiger partial charge >= 0.3 is 5.97 Å². The molecule has 0 aliphatic rings. The van der Waals surface area contributed by atoms with Gasteiger partial charge < -0.3 is 4.74 Å². The van der Waals surface area contributed by atoms with E-state index in [9.17, 15) is 19.3 Å². The Balaban J connectivity index is 3.40. The third kappa shape index (κ3) is 2.41. The summed E-state index contributed by atoms with van der Waals surface area (Å²) < 4.78 is 17.5. The van der Waals surface area contributed by atoms with E-state index in [2.05, 4.69) is 4.74 Å². The van der Waals surface area contributed by atoms with Crippen molar-refractivity contribution in [2.24, 2.45) is 0 Å². The number of nitrogens with zero attached hydrogens (tertiary/aromatic N) is 1. The maximum absolute atomic E-state index is 13.0. The van der Waals surface area contributed by atoms with Gasteiger partial charge in [0, 0.05) is 5.56 Å². The number of nitro groups is 1. The van der Waals surface area contributed by atoms with E-state index in [0.717, 1.165) is 12.1 Å². The molecule has 17 heavy (non-hydrogen) atoms. The van der Waals surface area contributed by atoms with Crippen LogP contribution in [-0.2, 0) is 14.9 Å². The smallest absolute Gasteiger partial charge is 0.315 e. The molecule has 5 nitrogen and oxygen atoms in total. The predicted molar refractivity (Wildman–Crippen MR) is 58.1 cm³/mol. The monoisotopic (exact) mass is 241 g/mol. The highest BCUT2D eigenvalue weighted by molar-refractivity contribution is 5.83. The van der Waals surface area contributed by atoms with E-state index in [4.69, 9.17) is 0 Å². The average Bonchev–Trinajstić information content (AvgIpc) is 2.27. The van der Waals surface area contributed by atoms with Crippen LogP contribution in [0.2, 0.25) is 0 Å². The molecule has 0 N–H and O–H groups in total. The van der Waals surface area contributed by atoms with Gasteiger partial charge in [-0.05, 0) is 26.0 Å². The summed E-state index contributed by atoms with van der Waals surface area (Å²) in [7, 11) is 1.19. The number of ether oxygens (including phenoxy) is 1. The number of hydrogen-bond donors (Lipinski definition) is 0. The second-order valence-corrected chi connectivity index (χ2v) is 4.04. The van der Waals surface area contributed by atoms with Crippen molar-refractivity contribution in [3.63, 3.8) is 0 Å². The van der Waals surface area contributed by atoms with E-state index < -0.39 is 27.8 Å². The SMILES string of the molecule is COC(=O)C(C)(C)c1ccc(F)cc1[N+](=O)[O-]. The summed E-state index contributed by atoms with van der Waals surface area (Å²) in [5, 5.41) is 10.8. The second-order valence-electron chi connectivity index (χ2n) is 4.04. The molecule has 92 valence electrons. The van der Waals surface area contributed by atoms with Crippen molar-refractivity contribution < 1.29 is 18.8 Å². The lowest BCUT2D eigenvalue weighted by molar-refractivity contribution is -0.386. The lowest BCUT2D eigenvalue weighted by Crippen LogP contribution is -2.31. The molecule has 0 heterocycles. The van der Waals surface area contributed by atoms with Crippen LogP contribution in [0.15, 0.2) is 18.2 Å². The highest BCUT2D eigenvalue weighted by Gasteiger charge is 2.36. The molecule has 1 aromatic rings. The zero-order valence-corrected chi connectivity index (χ0v) is 9.69. The average molecular weight is 241 g/mol. The summed E-state index contributed by atoms with van der Waals surface area (Å²) in [5.41, 5.74) is -1.51. The van der Waals surface area contributed by atoms with Crippen molar-refractivity contribution in [1.82, 2.24) is 0 Å². The summed E-state index contributed by atoms with van der Waals surface area (Å²) in [6.45, 7) is 2.97. The van der Waals surface area contributed by atoms with Gasteiger partial charge in [-0.15, -0.1) is 0 Å². The standard InChI is InChI=1S/C11H12FNO4/c1-11(2,10(14)17-3)8-5-4-7(12)6-9(8)13(15)16/h4-6H,1-3H3. The van der Waals surface area contributed by atoms with E-state index in [0.29, 0.717) is 0 Å². The molecule has 0 spiro atoms. The minimum absolute atomic E-state index is 0.121. The molecule has 0 aromatic heterocycles. The third-order valence-electron chi connectivity index (χ3n) is 2.53. The van der Waals surface area contributed by atoms with Crippen LogP contribution in [0.1, 0.15) is 19.4 Å². The molecule has 1 rings (SSSR count). The molecular formula is C11H12FNO4. The number of esters is 1. The molecule has 0 saturated carbocycles. The number of halogens is 1. The van der Waals surface area contributed by atoms with E-state index in [1.54, 1.807) is 0 Å². The quantitative estimate of drug-likeness (QED) is 0.462. The summed E-state index contributed by atoms with van der Waals surface area (Å²) in [6.07, 6.45) is 0. The molecule has 1 aromatic carbocycles. The van der Waals surface area contributed by atoms with Crippen LogP contribution in [-0.4, -0.2) is 18.0 Å².